The first-order chi connectivity index (χ1) is 11.9. The summed E-state index contributed by atoms with van der Waals surface area (Å²) < 4.78 is 41.5. The molecule has 2 aromatic heterocycles. The van der Waals surface area contributed by atoms with Crippen LogP contribution in [-0.4, -0.2) is 9.97 Å². The highest BCUT2D eigenvalue weighted by Gasteiger charge is 2.14. The summed E-state index contributed by atoms with van der Waals surface area (Å²) in [4.78, 5) is 8.48. The van der Waals surface area contributed by atoms with Crippen LogP contribution in [0.4, 0.5) is 0 Å². The van der Waals surface area contributed by atoms with Crippen LogP contribution in [0.15, 0.2) is 54.5 Å². The van der Waals surface area contributed by atoms with E-state index >= 15 is 0 Å². The predicted molar refractivity (Wildman–Crippen MR) is 85.4 cm³/mol. The molecule has 0 N–H and O–H groups in total. The van der Waals surface area contributed by atoms with Crippen molar-refractivity contribution in [2.45, 2.75) is 0 Å². The van der Waals surface area contributed by atoms with Gasteiger partial charge in [0.2, 0.25) is 5.28 Å². The number of aromatic nitrogens is 2. The van der Waals surface area contributed by atoms with E-state index in [0.717, 1.165) is 10.1 Å². The van der Waals surface area contributed by atoms with Gasteiger partial charge in [-0.25, -0.2) is 9.97 Å². The molecule has 4 aromatic rings. The summed E-state index contributed by atoms with van der Waals surface area (Å²) in [5.74, 6) is 0. The Labute approximate surface area is 131 Å². The van der Waals surface area contributed by atoms with Crippen molar-refractivity contribution in [3.05, 3.63) is 59.8 Å². The SMILES string of the molecule is [2H]c1c([2H])c([2H])c(-c2nc(Cl)nc3c2sc2ccccc23)c([2H])c1[2H]. The monoisotopic (exact) mass is 301 g/mol. The molecule has 0 saturated carbocycles. The Morgan fingerprint density at radius 1 is 1.05 bits per heavy atom. The third-order valence-electron chi connectivity index (χ3n) is 2.93. The number of thiophene rings is 1. The van der Waals surface area contributed by atoms with Crippen LogP contribution in [-0.2, 0) is 0 Å². The second kappa shape index (κ2) is 4.54. The first-order valence-electron chi connectivity index (χ1n) is 8.32. The van der Waals surface area contributed by atoms with Crippen molar-refractivity contribution in [1.29, 1.82) is 0 Å². The summed E-state index contributed by atoms with van der Waals surface area (Å²) >= 11 is 7.48. The van der Waals surface area contributed by atoms with Gasteiger partial charge in [-0.3, -0.25) is 0 Å². The molecule has 96 valence electrons. The quantitative estimate of drug-likeness (QED) is 0.454. The van der Waals surface area contributed by atoms with Gasteiger partial charge in [-0.1, -0.05) is 48.4 Å². The molecule has 2 aromatic carbocycles. The normalized spacial score (nSPS) is 14.8. The lowest BCUT2D eigenvalue weighted by Crippen LogP contribution is -1.88. The zero-order chi connectivity index (χ0) is 17.9. The molecule has 4 rings (SSSR count). The van der Waals surface area contributed by atoms with Gasteiger partial charge in [-0.2, -0.15) is 0 Å². The maximum atomic E-state index is 8.18. The van der Waals surface area contributed by atoms with Gasteiger partial charge in [0.05, 0.1) is 22.8 Å². The maximum absolute atomic E-state index is 8.18. The fourth-order valence-corrected chi connectivity index (χ4v) is 3.41. The van der Waals surface area contributed by atoms with Crippen molar-refractivity contribution in [2.75, 3.05) is 0 Å². The Morgan fingerprint density at radius 2 is 1.85 bits per heavy atom. The number of fused-ring (bicyclic) bond motifs is 3. The molecule has 2 nitrogen and oxygen atoms in total. The van der Waals surface area contributed by atoms with Crippen molar-refractivity contribution in [1.82, 2.24) is 9.97 Å². The van der Waals surface area contributed by atoms with Crippen LogP contribution < -0.4 is 0 Å². The summed E-state index contributed by atoms with van der Waals surface area (Å²) in [5.41, 5.74) is 0.905. The van der Waals surface area contributed by atoms with Crippen molar-refractivity contribution in [2.24, 2.45) is 0 Å². The van der Waals surface area contributed by atoms with Gasteiger partial charge in [-0.05, 0) is 17.7 Å². The highest BCUT2D eigenvalue weighted by atomic mass is 35.5. The molecule has 0 unspecified atom stereocenters. The summed E-state index contributed by atoms with van der Waals surface area (Å²) in [6, 6.07) is 5.77. The van der Waals surface area contributed by atoms with E-state index in [0.29, 0.717) is 10.2 Å². The van der Waals surface area contributed by atoms with Crippen molar-refractivity contribution in [3.8, 4) is 11.3 Å². The fraction of sp³-hybridized carbons (Fsp3) is 0. The second-order valence-electron chi connectivity index (χ2n) is 4.12. The number of hydrogen-bond acceptors (Lipinski definition) is 3. The number of halogens is 1. The van der Waals surface area contributed by atoms with E-state index in [9.17, 15) is 0 Å². The van der Waals surface area contributed by atoms with Gasteiger partial charge < -0.3 is 0 Å². The second-order valence-corrected chi connectivity index (χ2v) is 5.51. The van der Waals surface area contributed by atoms with Gasteiger partial charge in [0, 0.05) is 15.6 Å². The van der Waals surface area contributed by atoms with Crippen LogP contribution in [0.25, 0.3) is 31.6 Å². The lowest BCUT2D eigenvalue weighted by Gasteiger charge is -2.02. The van der Waals surface area contributed by atoms with Gasteiger partial charge in [-0.15, -0.1) is 11.3 Å². The number of rotatable bonds is 1. The first kappa shape index (κ1) is 7.72. The lowest BCUT2D eigenvalue weighted by molar-refractivity contribution is 1.24. The Hall–Kier alpha value is -1.97. The van der Waals surface area contributed by atoms with E-state index in [1.54, 1.807) is 0 Å². The molecule has 0 aliphatic rings. The number of benzene rings is 2. The smallest absolute Gasteiger partial charge is 0.216 e. The number of hydrogen-bond donors (Lipinski definition) is 0. The van der Waals surface area contributed by atoms with E-state index < -0.39 is 18.1 Å². The summed E-state index contributed by atoms with van der Waals surface area (Å²) in [6.45, 7) is 0. The largest absolute Gasteiger partial charge is 0.223 e. The minimum Gasteiger partial charge on any atom is -0.216 e. The molecular formula is C16H9ClN2S. The van der Waals surface area contributed by atoms with Crippen molar-refractivity contribution >= 4 is 43.2 Å². The third kappa shape index (κ3) is 1.79. The molecule has 0 aliphatic carbocycles. The zero-order valence-corrected chi connectivity index (χ0v) is 11.6. The van der Waals surface area contributed by atoms with Crippen LogP contribution in [0.5, 0.6) is 0 Å². The Balaban J connectivity index is 2.19. The molecule has 0 saturated heterocycles. The summed E-state index contributed by atoms with van der Waals surface area (Å²) in [6.07, 6.45) is 0. The average Bonchev–Trinajstić information content (AvgIpc) is 2.97. The van der Waals surface area contributed by atoms with Crippen LogP contribution in [0.1, 0.15) is 6.85 Å². The molecule has 0 spiro atoms. The molecule has 2 heterocycles. The van der Waals surface area contributed by atoms with Crippen molar-refractivity contribution < 1.29 is 6.85 Å². The van der Waals surface area contributed by atoms with Gasteiger partial charge in [0.1, 0.15) is 0 Å². The van der Waals surface area contributed by atoms with Crippen LogP contribution >= 0.6 is 22.9 Å². The number of nitrogens with zero attached hydrogens (tertiary/aromatic N) is 2. The highest BCUT2D eigenvalue weighted by Crippen LogP contribution is 2.38. The van der Waals surface area contributed by atoms with Crippen LogP contribution in [0.3, 0.4) is 0 Å². The molecule has 0 atom stereocenters. The highest BCUT2D eigenvalue weighted by molar-refractivity contribution is 7.26. The van der Waals surface area contributed by atoms with Gasteiger partial charge in [0.25, 0.3) is 0 Å². The van der Waals surface area contributed by atoms with E-state index in [1.165, 1.54) is 11.3 Å². The van der Waals surface area contributed by atoms with Gasteiger partial charge >= 0.3 is 0 Å². The molecule has 0 fully saturated rings. The molecule has 0 aliphatic heterocycles. The topological polar surface area (TPSA) is 25.8 Å². The molecule has 4 heteroatoms. The third-order valence-corrected chi connectivity index (χ3v) is 4.27. The molecule has 0 amide bonds. The first-order valence-corrected chi connectivity index (χ1v) is 7.01. The fourth-order valence-electron chi connectivity index (χ4n) is 2.10. The summed E-state index contributed by atoms with van der Waals surface area (Å²) in [7, 11) is 0. The zero-order valence-electron chi connectivity index (χ0n) is 15.0. The van der Waals surface area contributed by atoms with Crippen LogP contribution in [0.2, 0.25) is 5.28 Å². The van der Waals surface area contributed by atoms with E-state index in [-0.39, 0.29) is 28.6 Å². The van der Waals surface area contributed by atoms with Crippen molar-refractivity contribution in [3.63, 3.8) is 0 Å². The Kier molecular flexibility index (Phi) is 1.75. The molecule has 0 bridgehead atoms. The standard InChI is InChI=1S/C16H9ClN2S/c17-16-18-13(10-6-2-1-3-7-10)15-14(19-16)11-8-4-5-9-12(11)20-15/h1-9H/i1D,2D,3D,6D,7D. The predicted octanol–water partition coefficient (Wildman–Crippen LogP) is 5.16. The maximum Gasteiger partial charge on any atom is 0.223 e. The Bertz CT molecular complexity index is 1150. The molecular weight excluding hydrogens is 288 g/mol. The lowest BCUT2D eigenvalue weighted by atomic mass is 10.1. The average molecular weight is 302 g/mol. The molecule has 0 radical (unpaired) electrons. The summed E-state index contributed by atoms with van der Waals surface area (Å²) in [5, 5.41) is 0.860. The van der Waals surface area contributed by atoms with Gasteiger partial charge in [0.15, 0.2) is 0 Å². The Morgan fingerprint density at radius 3 is 2.70 bits per heavy atom. The minimum atomic E-state index is -0.438. The van der Waals surface area contributed by atoms with E-state index in [2.05, 4.69) is 9.97 Å². The van der Waals surface area contributed by atoms with Crippen LogP contribution in [0, 0.1) is 0 Å². The van der Waals surface area contributed by atoms with E-state index in [1.807, 2.05) is 24.3 Å². The van der Waals surface area contributed by atoms with E-state index in [4.69, 9.17) is 18.5 Å². The molecule has 20 heavy (non-hydrogen) atoms. The minimum absolute atomic E-state index is 0.0298.